The van der Waals surface area contributed by atoms with Crippen molar-refractivity contribution in [3.63, 3.8) is 0 Å². The van der Waals surface area contributed by atoms with Crippen molar-refractivity contribution in [2.45, 2.75) is 30.8 Å². The first kappa shape index (κ1) is 18.4. The van der Waals surface area contributed by atoms with Gasteiger partial charge in [-0.2, -0.15) is 0 Å². The van der Waals surface area contributed by atoms with Crippen LogP contribution in [-0.4, -0.2) is 24.4 Å². The lowest BCUT2D eigenvalue weighted by atomic mass is 10.0. The standard InChI is InChI=1S/C20H22O3S/c1-24-19-10-7-17(8-11-19)20(22)12-9-18(21)13-14-23-15-16-5-3-2-4-6-16/h2-8,10-11H,9,12-15H2,1H3. The highest BCUT2D eigenvalue weighted by atomic mass is 32.2. The molecule has 0 spiro atoms. The average molecular weight is 342 g/mol. The van der Waals surface area contributed by atoms with Crippen LogP contribution in [0.5, 0.6) is 0 Å². The number of benzene rings is 2. The summed E-state index contributed by atoms with van der Waals surface area (Å²) in [4.78, 5) is 25.1. The lowest BCUT2D eigenvalue weighted by molar-refractivity contribution is -0.120. The summed E-state index contributed by atoms with van der Waals surface area (Å²) < 4.78 is 5.50. The minimum Gasteiger partial charge on any atom is -0.376 e. The van der Waals surface area contributed by atoms with Crippen molar-refractivity contribution >= 4 is 23.3 Å². The van der Waals surface area contributed by atoms with Gasteiger partial charge in [0.1, 0.15) is 5.78 Å². The number of carbonyl (C=O) groups excluding carboxylic acids is 2. The minimum atomic E-state index is 0.0150. The fourth-order valence-corrected chi connectivity index (χ4v) is 2.66. The van der Waals surface area contributed by atoms with Crippen LogP contribution in [0.4, 0.5) is 0 Å². The van der Waals surface area contributed by atoms with Crippen LogP contribution in [0.15, 0.2) is 59.5 Å². The Balaban J connectivity index is 1.64. The van der Waals surface area contributed by atoms with E-state index in [0.29, 0.717) is 25.2 Å². The molecule has 0 aromatic heterocycles. The van der Waals surface area contributed by atoms with Crippen molar-refractivity contribution in [1.82, 2.24) is 0 Å². The molecule has 2 aromatic carbocycles. The summed E-state index contributed by atoms with van der Waals surface area (Å²) in [6.07, 6.45) is 2.88. The van der Waals surface area contributed by atoms with Crippen LogP contribution in [0.25, 0.3) is 0 Å². The highest BCUT2D eigenvalue weighted by Gasteiger charge is 2.09. The molecule has 24 heavy (non-hydrogen) atoms. The van der Waals surface area contributed by atoms with Crippen molar-refractivity contribution in [3.8, 4) is 0 Å². The molecule has 0 radical (unpaired) electrons. The number of carbonyl (C=O) groups is 2. The lowest BCUT2D eigenvalue weighted by Crippen LogP contribution is -2.07. The zero-order valence-corrected chi connectivity index (χ0v) is 14.7. The molecule has 0 aliphatic carbocycles. The first-order valence-corrected chi connectivity index (χ1v) is 9.22. The van der Waals surface area contributed by atoms with Crippen molar-refractivity contribution in [1.29, 1.82) is 0 Å². The highest BCUT2D eigenvalue weighted by Crippen LogP contribution is 2.16. The number of ether oxygens (including phenoxy) is 1. The van der Waals surface area contributed by atoms with Gasteiger partial charge in [0.2, 0.25) is 0 Å². The van der Waals surface area contributed by atoms with Gasteiger partial charge in [0, 0.05) is 29.7 Å². The topological polar surface area (TPSA) is 43.4 Å². The molecule has 2 aromatic rings. The SMILES string of the molecule is CSc1ccc(C(=O)CCC(=O)CCOCc2ccccc2)cc1. The Kier molecular flexibility index (Phi) is 7.72. The van der Waals surface area contributed by atoms with Gasteiger partial charge in [0.15, 0.2) is 5.78 Å². The monoisotopic (exact) mass is 342 g/mol. The van der Waals surface area contributed by atoms with E-state index in [0.717, 1.165) is 10.5 Å². The normalized spacial score (nSPS) is 10.5. The molecular formula is C20H22O3S. The predicted octanol–water partition coefficient (Wildman–Crippen LogP) is 4.55. The van der Waals surface area contributed by atoms with Gasteiger partial charge in [-0.25, -0.2) is 0 Å². The molecule has 0 heterocycles. The molecule has 0 atom stereocenters. The van der Waals surface area contributed by atoms with Gasteiger partial charge in [0.05, 0.1) is 13.2 Å². The molecule has 0 saturated carbocycles. The molecule has 0 unspecified atom stereocenters. The van der Waals surface area contributed by atoms with Crippen LogP contribution in [0.1, 0.15) is 35.2 Å². The molecule has 4 heteroatoms. The summed E-state index contributed by atoms with van der Waals surface area (Å²) in [6, 6.07) is 17.4. The Bertz CT molecular complexity index is 650. The second kappa shape index (κ2) is 10.1. The van der Waals surface area contributed by atoms with Gasteiger partial charge >= 0.3 is 0 Å². The third-order valence-electron chi connectivity index (χ3n) is 3.68. The summed E-state index contributed by atoms with van der Waals surface area (Å²) in [6.45, 7) is 0.902. The Hall–Kier alpha value is -1.91. The van der Waals surface area contributed by atoms with Crippen LogP contribution < -0.4 is 0 Å². The van der Waals surface area contributed by atoms with Crippen molar-refractivity contribution < 1.29 is 14.3 Å². The molecule has 3 nitrogen and oxygen atoms in total. The Morgan fingerprint density at radius 2 is 1.62 bits per heavy atom. The van der Waals surface area contributed by atoms with Crippen molar-refractivity contribution in [2.24, 2.45) is 0 Å². The number of rotatable bonds is 10. The van der Waals surface area contributed by atoms with Gasteiger partial charge in [-0.1, -0.05) is 42.5 Å². The molecule has 0 aliphatic rings. The molecule has 0 N–H and O–H groups in total. The van der Waals surface area contributed by atoms with Gasteiger partial charge < -0.3 is 4.74 Å². The Morgan fingerprint density at radius 1 is 0.917 bits per heavy atom. The van der Waals surface area contributed by atoms with Crippen LogP contribution in [-0.2, 0) is 16.1 Å². The fraction of sp³-hybridized carbons (Fsp3) is 0.300. The smallest absolute Gasteiger partial charge is 0.163 e. The lowest BCUT2D eigenvalue weighted by Gasteiger charge is -2.05. The quantitative estimate of drug-likeness (QED) is 0.361. The zero-order chi connectivity index (χ0) is 17.2. The number of Topliss-reactive ketones (excluding diaryl/α,β-unsaturated/α-hetero) is 2. The van der Waals surface area contributed by atoms with E-state index < -0.39 is 0 Å². The van der Waals surface area contributed by atoms with E-state index in [1.54, 1.807) is 11.8 Å². The number of ketones is 2. The minimum absolute atomic E-state index is 0.0150. The average Bonchev–Trinajstić information content (AvgIpc) is 2.64. The van der Waals surface area contributed by atoms with E-state index in [1.165, 1.54) is 0 Å². The molecule has 126 valence electrons. The maximum absolute atomic E-state index is 12.1. The van der Waals surface area contributed by atoms with Crippen LogP contribution in [0.2, 0.25) is 0 Å². The van der Waals surface area contributed by atoms with Gasteiger partial charge in [-0.15, -0.1) is 11.8 Å². The van der Waals surface area contributed by atoms with E-state index in [-0.39, 0.29) is 24.4 Å². The predicted molar refractivity (Wildman–Crippen MR) is 97.5 cm³/mol. The van der Waals surface area contributed by atoms with E-state index in [2.05, 4.69) is 0 Å². The molecule has 0 aliphatic heterocycles. The van der Waals surface area contributed by atoms with Crippen LogP contribution in [0, 0.1) is 0 Å². The molecule has 0 saturated heterocycles. The summed E-state index contributed by atoms with van der Waals surface area (Å²) in [7, 11) is 0. The summed E-state index contributed by atoms with van der Waals surface area (Å²) in [5.74, 6) is 0.0818. The first-order chi connectivity index (χ1) is 11.7. The van der Waals surface area contributed by atoms with Gasteiger partial charge in [-0.05, 0) is 24.0 Å². The maximum atomic E-state index is 12.1. The van der Waals surface area contributed by atoms with Crippen molar-refractivity contribution in [3.05, 3.63) is 65.7 Å². The largest absolute Gasteiger partial charge is 0.376 e. The highest BCUT2D eigenvalue weighted by molar-refractivity contribution is 7.98. The maximum Gasteiger partial charge on any atom is 0.163 e. The van der Waals surface area contributed by atoms with E-state index >= 15 is 0 Å². The van der Waals surface area contributed by atoms with Crippen molar-refractivity contribution in [2.75, 3.05) is 12.9 Å². The second-order valence-corrected chi connectivity index (χ2v) is 6.36. The van der Waals surface area contributed by atoms with E-state index in [9.17, 15) is 9.59 Å². The molecule has 0 amide bonds. The first-order valence-electron chi connectivity index (χ1n) is 7.99. The molecule has 0 fully saturated rings. The number of hydrogen-bond donors (Lipinski definition) is 0. The van der Waals surface area contributed by atoms with Crippen LogP contribution >= 0.6 is 11.8 Å². The summed E-state index contributed by atoms with van der Waals surface area (Å²) in [5.41, 5.74) is 1.76. The fourth-order valence-electron chi connectivity index (χ4n) is 2.25. The summed E-state index contributed by atoms with van der Waals surface area (Å²) >= 11 is 1.64. The molecule has 2 rings (SSSR count). The third-order valence-corrected chi connectivity index (χ3v) is 4.42. The van der Waals surface area contributed by atoms with Gasteiger partial charge in [0.25, 0.3) is 0 Å². The van der Waals surface area contributed by atoms with E-state index in [4.69, 9.17) is 4.74 Å². The Morgan fingerprint density at radius 3 is 2.29 bits per heavy atom. The second-order valence-electron chi connectivity index (χ2n) is 5.48. The Labute approximate surface area is 147 Å². The zero-order valence-electron chi connectivity index (χ0n) is 13.9. The number of thioether (sulfide) groups is 1. The summed E-state index contributed by atoms with van der Waals surface area (Å²) in [5, 5.41) is 0. The van der Waals surface area contributed by atoms with Gasteiger partial charge in [-0.3, -0.25) is 9.59 Å². The molecular weight excluding hydrogens is 320 g/mol. The van der Waals surface area contributed by atoms with E-state index in [1.807, 2.05) is 60.9 Å². The third kappa shape index (κ3) is 6.30. The molecule has 0 bridgehead atoms. The van der Waals surface area contributed by atoms with Crippen LogP contribution in [0.3, 0.4) is 0 Å². The number of hydrogen-bond acceptors (Lipinski definition) is 4.